The molecule has 5 heteroatoms. The van der Waals surface area contributed by atoms with E-state index in [0.717, 1.165) is 11.3 Å². The van der Waals surface area contributed by atoms with Crippen LogP contribution in [-0.2, 0) is 6.54 Å². The monoisotopic (exact) mass is 311 g/mol. The van der Waals surface area contributed by atoms with E-state index in [1.807, 2.05) is 25.1 Å². The summed E-state index contributed by atoms with van der Waals surface area (Å²) in [7, 11) is 1.49. The highest BCUT2D eigenvalue weighted by atomic mass is 35.5. The predicted molar refractivity (Wildman–Crippen MR) is 83.2 cm³/mol. The fourth-order valence-electron chi connectivity index (χ4n) is 1.88. The molecule has 0 atom stereocenters. The van der Waals surface area contributed by atoms with E-state index in [1.165, 1.54) is 7.11 Å². The van der Waals surface area contributed by atoms with Crippen molar-refractivity contribution in [3.05, 3.63) is 51.5 Å². The van der Waals surface area contributed by atoms with Crippen LogP contribution in [0, 0.1) is 6.92 Å². The van der Waals surface area contributed by atoms with Gasteiger partial charge in [-0.05, 0) is 30.7 Å². The maximum absolute atomic E-state index is 10.1. The molecule has 0 bridgehead atoms. The molecule has 0 aliphatic carbocycles. The lowest BCUT2D eigenvalue weighted by atomic mass is 10.1. The highest BCUT2D eigenvalue weighted by Gasteiger charge is 2.10. The Labute approximate surface area is 128 Å². The molecule has 0 amide bonds. The highest BCUT2D eigenvalue weighted by Crippen LogP contribution is 2.34. The first kappa shape index (κ1) is 14.8. The first-order chi connectivity index (χ1) is 9.51. The van der Waals surface area contributed by atoms with Crippen LogP contribution >= 0.6 is 23.2 Å². The average Bonchev–Trinajstić information content (AvgIpc) is 2.42. The summed E-state index contributed by atoms with van der Waals surface area (Å²) in [4.78, 5) is 0. The van der Waals surface area contributed by atoms with Gasteiger partial charge in [0.1, 0.15) is 0 Å². The molecular weight excluding hydrogens is 297 g/mol. The summed E-state index contributed by atoms with van der Waals surface area (Å²) in [5.74, 6) is 0.429. The molecule has 0 aromatic heterocycles. The molecule has 0 unspecified atom stereocenters. The van der Waals surface area contributed by atoms with Gasteiger partial charge in [-0.1, -0.05) is 29.3 Å². The molecular formula is C15H15Cl2NO2. The minimum Gasteiger partial charge on any atom is -0.504 e. The zero-order chi connectivity index (χ0) is 14.7. The predicted octanol–water partition coefficient (Wildman–Crippen LogP) is 4.63. The highest BCUT2D eigenvalue weighted by molar-refractivity contribution is 6.33. The van der Waals surface area contributed by atoms with Gasteiger partial charge >= 0.3 is 0 Å². The molecule has 2 rings (SSSR count). The molecule has 0 aliphatic heterocycles. The van der Waals surface area contributed by atoms with Gasteiger partial charge in [0.2, 0.25) is 0 Å². The lowest BCUT2D eigenvalue weighted by Gasteiger charge is -2.13. The van der Waals surface area contributed by atoms with Gasteiger partial charge in [0.25, 0.3) is 0 Å². The Kier molecular flexibility index (Phi) is 4.63. The normalized spacial score (nSPS) is 10.4. The molecule has 0 aliphatic rings. The van der Waals surface area contributed by atoms with Crippen molar-refractivity contribution in [2.45, 2.75) is 13.5 Å². The summed E-state index contributed by atoms with van der Waals surface area (Å²) in [6.45, 7) is 2.38. The smallest absolute Gasteiger partial charge is 0.162 e. The van der Waals surface area contributed by atoms with E-state index in [4.69, 9.17) is 27.9 Å². The van der Waals surface area contributed by atoms with Gasteiger partial charge in [-0.15, -0.1) is 0 Å². The van der Waals surface area contributed by atoms with Gasteiger partial charge in [0.15, 0.2) is 11.5 Å². The Balaban J connectivity index is 2.23. The van der Waals surface area contributed by atoms with Crippen LogP contribution in [0.15, 0.2) is 30.3 Å². The van der Waals surface area contributed by atoms with Crippen LogP contribution in [-0.4, -0.2) is 12.2 Å². The third-order valence-corrected chi connectivity index (χ3v) is 3.48. The number of phenols is 1. The van der Waals surface area contributed by atoms with Crippen molar-refractivity contribution >= 4 is 28.9 Å². The van der Waals surface area contributed by atoms with Crippen molar-refractivity contribution in [2.75, 3.05) is 12.4 Å². The Hall–Kier alpha value is -1.58. The van der Waals surface area contributed by atoms with Crippen molar-refractivity contribution in [3.63, 3.8) is 0 Å². The van der Waals surface area contributed by atoms with Crippen LogP contribution < -0.4 is 10.1 Å². The van der Waals surface area contributed by atoms with E-state index in [1.54, 1.807) is 12.1 Å². The Morgan fingerprint density at radius 2 is 1.95 bits per heavy atom. The van der Waals surface area contributed by atoms with E-state index in [-0.39, 0.29) is 5.75 Å². The molecule has 20 heavy (non-hydrogen) atoms. The second kappa shape index (κ2) is 6.25. The Morgan fingerprint density at radius 3 is 2.65 bits per heavy atom. The molecule has 2 aromatic carbocycles. The molecule has 0 saturated carbocycles. The summed E-state index contributed by atoms with van der Waals surface area (Å²) >= 11 is 12.1. The molecule has 0 radical (unpaired) electrons. The lowest BCUT2D eigenvalue weighted by molar-refractivity contribution is 0.371. The molecule has 0 fully saturated rings. The van der Waals surface area contributed by atoms with Gasteiger partial charge in [-0.3, -0.25) is 0 Å². The van der Waals surface area contributed by atoms with E-state index in [9.17, 15) is 5.11 Å². The first-order valence-corrected chi connectivity index (χ1v) is 6.82. The molecule has 0 saturated heterocycles. The molecule has 0 spiro atoms. The number of methoxy groups -OCH3 is 1. The maximum Gasteiger partial charge on any atom is 0.162 e. The topological polar surface area (TPSA) is 41.5 Å². The van der Waals surface area contributed by atoms with E-state index in [0.29, 0.717) is 27.9 Å². The van der Waals surface area contributed by atoms with Gasteiger partial charge in [0.05, 0.1) is 17.8 Å². The standard InChI is InChI=1S/C15H15Cl2NO2/c1-9-3-4-12(17)13(5-9)18-8-10-6-11(16)7-14(20-2)15(10)19/h3-7,18-19H,8H2,1-2H3. The second-order valence-corrected chi connectivity index (χ2v) is 5.30. The number of aryl methyl sites for hydroxylation is 1. The van der Waals surface area contributed by atoms with Gasteiger partial charge in [-0.2, -0.15) is 0 Å². The lowest BCUT2D eigenvalue weighted by Crippen LogP contribution is -2.01. The third-order valence-electron chi connectivity index (χ3n) is 2.93. The number of halogens is 2. The summed E-state index contributed by atoms with van der Waals surface area (Å²) in [6.07, 6.45) is 0. The summed E-state index contributed by atoms with van der Waals surface area (Å²) in [5.41, 5.74) is 2.56. The summed E-state index contributed by atoms with van der Waals surface area (Å²) in [5, 5.41) is 14.4. The number of ether oxygens (including phenoxy) is 1. The van der Waals surface area contributed by atoms with Gasteiger partial charge in [-0.25, -0.2) is 0 Å². The first-order valence-electron chi connectivity index (χ1n) is 6.06. The maximum atomic E-state index is 10.1. The van der Waals surface area contributed by atoms with Crippen molar-refractivity contribution < 1.29 is 9.84 Å². The van der Waals surface area contributed by atoms with Crippen LogP contribution in [0.4, 0.5) is 5.69 Å². The molecule has 106 valence electrons. The molecule has 3 nitrogen and oxygen atoms in total. The number of phenolic OH excluding ortho intramolecular Hbond substituents is 1. The van der Waals surface area contributed by atoms with Crippen molar-refractivity contribution in [2.24, 2.45) is 0 Å². The van der Waals surface area contributed by atoms with E-state index in [2.05, 4.69) is 5.32 Å². The average molecular weight is 312 g/mol. The summed E-state index contributed by atoms with van der Waals surface area (Å²) < 4.78 is 5.07. The minimum atomic E-state index is 0.0770. The third kappa shape index (κ3) is 3.30. The van der Waals surface area contributed by atoms with Crippen molar-refractivity contribution in [1.82, 2.24) is 0 Å². The van der Waals surface area contributed by atoms with E-state index < -0.39 is 0 Å². The summed E-state index contributed by atoms with van der Waals surface area (Å²) in [6, 6.07) is 8.97. The van der Waals surface area contributed by atoms with Crippen LogP contribution in [0.3, 0.4) is 0 Å². The fourth-order valence-corrected chi connectivity index (χ4v) is 2.30. The van der Waals surface area contributed by atoms with Crippen LogP contribution in [0.2, 0.25) is 10.0 Å². The fraction of sp³-hybridized carbons (Fsp3) is 0.200. The number of aromatic hydroxyl groups is 1. The second-order valence-electron chi connectivity index (χ2n) is 4.45. The van der Waals surface area contributed by atoms with Crippen LogP contribution in [0.5, 0.6) is 11.5 Å². The Morgan fingerprint density at radius 1 is 1.20 bits per heavy atom. The van der Waals surface area contributed by atoms with Crippen molar-refractivity contribution in [1.29, 1.82) is 0 Å². The van der Waals surface area contributed by atoms with Crippen LogP contribution in [0.1, 0.15) is 11.1 Å². The van der Waals surface area contributed by atoms with E-state index >= 15 is 0 Å². The Bertz CT molecular complexity index is 630. The minimum absolute atomic E-state index is 0.0770. The largest absolute Gasteiger partial charge is 0.504 e. The van der Waals surface area contributed by atoms with Gasteiger partial charge in [0, 0.05) is 23.2 Å². The molecule has 2 N–H and O–H groups in total. The number of hydrogen-bond acceptors (Lipinski definition) is 3. The van der Waals surface area contributed by atoms with Crippen LogP contribution in [0.25, 0.3) is 0 Å². The number of rotatable bonds is 4. The zero-order valence-electron chi connectivity index (χ0n) is 11.2. The SMILES string of the molecule is COc1cc(Cl)cc(CNc2cc(C)ccc2Cl)c1O. The quantitative estimate of drug-likeness (QED) is 0.865. The molecule has 0 heterocycles. The number of nitrogens with one attached hydrogen (secondary N) is 1. The number of benzene rings is 2. The van der Waals surface area contributed by atoms with Crippen molar-refractivity contribution in [3.8, 4) is 11.5 Å². The number of anilines is 1. The molecule has 2 aromatic rings. The van der Waals surface area contributed by atoms with Gasteiger partial charge < -0.3 is 15.2 Å². The zero-order valence-corrected chi connectivity index (χ0v) is 12.7. The number of hydrogen-bond donors (Lipinski definition) is 2.